The van der Waals surface area contributed by atoms with Gasteiger partial charge in [0.1, 0.15) is 5.82 Å². The molecule has 102 valence electrons. The van der Waals surface area contributed by atoms with Gasteiger partial charge in [0.2, 0.25) is 0 Å². The number of nitrogens with zero attached hydrogens (tertiary/aromatic N) is 1. The van der Waals surface area contributed by atoms with Crippen LogP contribution in [0.1, 0.15) is 31.3 Å². The van der Waals surface area contributed by atoms with E-state index in [1.807, 2.05) is 31.2 Å². The van der Waals surface area contributed by atoms with Gasteiger partial charge in [0.15, 0.2) is 0 Å². The molecule has 3 nitrogen and oxygen atoms in total. The highest BCUT2D eigenvalue weighted by molar-refractivity contribution is 9.10. The van der Waals surface area contributed by atoms with Crippen LogP contribution in [0.3, 0.4) is 0 Å². The van der Waals surface area contributed by atoms with Crippen LogP contribution in [0.2, 0.25) is 0 Å². The summed E-state index contributed by atoms with van der Waals surface area (Å²) in [7, 11) is 0. The fourth-order valence-corrected chi connectivity index (χ4v) is 2.43. The minimum Gasteiger partial charge on any atom is -0.396 e. The predicted molar refractivity (Wildman–Crippen MR) is 81.1 cm³/mol. The molecule has 0 saturated carbocycles. The molecule has 1 aromatic carbocycles. The zero-order chi connectivity index (χ0) is 14.0. The molecule has 0 fully saturated rings. The fraction of sp³-hybridized carbons (Fsp3) is 0.400. The number of hydrogen-bond acceptors (Lipinski definition) is 2. The molecule has 0 spiro atoms. The maximum atomic E-state index is 9.49. The van der Waals surface area contributed by atoms with E-state index in [1.165, 1.54) is 0 Å². The molecular formula is C15H19BrN2O. The molecule has 0 aliphatic rings. The standard InChI is InChI=1S/C15H19BrN2O/c1-9(2)13(8-19)15-17-10(3)14(18-15)11-4-6-12(16)7-5-11/h4-7,9,13,19H,8H2,1-3H3,(H,17,18). The number of aromatic amines is 1. The Morgan fingerprint density at radius 1 is 1.26 bits per heavy atom. The monoisotopic (exact) mass is 322 g/mol. The number of aromatic nitrogens is 2. The van der Waals surface area contributed by atoms with Gasteiger partial charge in [-0.25, -0.2) is 4.98 Å². The number of aryl methyl sites for hydroxylation is 1. The lowest BCUT2D eigenvalue weighted by Crippen LogP contribution is -2.12. The Kier molecular flexibility index (Phi) is 4.42. The molecular weight excluding hydrogens is 304 g/mol. The topological polar surface area (TPSA) is 48.9 Å². The second-order valence-electron chi connectivity index (χ2n) is 5.14. The van der Waals surface area contributed by atoms with Crippen LogP contribution in [0.5, 0.6) is 0 Å². The van der Waals surface area contributed by atoms with Gasteiger partial charge in [-0.05, 0) is 25.0 Å². The number of aliphatic hydroxyl groups excluding tert-OH is 1. The van der Waals surface area contributed by atoms with E-state index >= 15 is 0 Å². The van der Waals surface area contributed by atoms with Crippen molar-refractivity contribution in [1.29, 1.82) is 0 Å². The van der Waals surface area contributed by atoms with Crippen LogP contribution in [0.4, 0.5) is 0 Å². The van der Waals surface area contributed by atoms with Gasteiger partial charge in [-0.1, -0.05) is 41.9 Å². The second-order valence-corrected chi connectivity index (χ2v) is 6.05. The molecule has 0 aliphatic carbocycles. The summed E-state index contributed by atoms with van der Waals surface area (Å²) >= 11 is 3.43. The Labute approximate surface area is 122 Å². The number of imidazole rings is 1. The van der Waals surface area contributed by atoms with E-state index in [4.69, 9.17) is 0 Å². The molecule has 0 saturated heterocycles. The van der Waals surface area contributed by atoms with Crippen molar-refractivity contribution in [3.63, 3.8) is 0 Å². The quantitative estimate of drug-likeness (QED) is 0.897. The van der Waals surface area contributed by atoms with Gasteiger partial charge < -0.3 is 10.1 Å². The molecule has 1 atom stereocenters. The predicted octanol–water partition coefficient (Wildman–Crippen LogP) is 3.88. The van der Waals surface area contributed by atoms with Crippen molar-refractivity contribution in [2.75, 3.05) is 6.61 Å². The molecule has 0 aliphatic heterocycles. The van der Waals surface area contributed by atoms with E-state index < -0.39 is 0 Å². The molecule has 0 radical (unpaired) electrons. The molecule has 2 rings (SSSR count). The average molecular weight is 323 g/mol. The number of aliphatic hydroxyl groups is 1. The van der Waals surface area contributed by atoms with Crippen molar-refractivity contribution >= 4 is 15.9 Å². The van der Waals surface area contributed by atoms with Crippen LogP contribution >= 0.6 is 15.9 Å². The third-order valence-corrected chi connectivity index (χ3v) is 3.90. The van der Waals surface area contributed by atoms with Crippen LogP contribution in [0.15, 0.2) is 28.7 Å². The zero-order valence-corrected chi connectivity index (χ0v) is 13.0. The first-order valence-corrected chi connectivity index (χ1v) is 7.25. The van der Waals surface area contributed by atoms with Crippen LogP contribution in [0, 0.1) is 12.8 Å². The van der Waals surface area contributed by atoms with Gasteiger partial charge in [0.25, 0.3) is 0 Å². The number of rotatable bonds is 4. The minimum absolute atomic E-state index is 0.0582. The molecule has 2 N–H and O–H groups in total. The van der Waals surface area contributed by atoms with E-state index in [1.54, 1.807) is 0 Å². The Bertz CT molecular complexity index is 546. The van der Waals surface area contributed by atoms with Crippen LogP contribution < -0.4 is 0 Å². The number of halogens is 1. The van der Waals surface area contributed by atoms with Crippen molar-refractivity contribution < 1.29 is 5.11 Å². The lowest BCUT2D eigenvalue weighted by molar-refractivity contribution is 0.232. The average Bonchev–Trinajstić information content (AvgIpc) is 2.72. The molecule has 0 bridgehead atoms. The number of benzene rings is 1. The van der Waals surface area contributed by atoms with Crippen molar-refractivity contribution in [2.24, 2.45) is 5.92 Å². The van der Waals surface area contributed by atoms with E-state index in [9.17, 15) is 5.11 Å². The van der Waals surface area contributed by atoms with E-state index in [0.29, 0.717) is 5.92 Å². The van der Waals surface area contributed by atoms with Gasteiger partial charge in [-0.15, -0.1) is 0 Å². The second kappa shape index (κ2) is 5.88. The van der Waals surface area contributed by atoms with E-state index in [-0.39, 0.29) is 12.5 Å². The number of H-pyrrole nitrogens is 1. The lowest BCUT2D eigenvalue weighted by atomic mass is 9.96. The molecule has 1 heterocycles. The van der Waals surface area contributed by atoms with Crippen molar-refractivity contribution in [2.45, 2.75) is 26.7 Å². The van der Waals surface area contributed by atoms with Crippen molar-refractivity contribution in [3.05, 3.63) is 40.3 Å². The third kappa shape index (κ3) is 3.07. The normalized spacial score (nSPS) is 12.9. The Morgan fingerprint density at radius 3 is 2.42 bits per heavy atom. The van der Waals surface area contributed by atoms with Gasteiger partial charge in [-0.2, -0.15) is 0 Å². The Morgan fingerprint density at radius 2 is 1.89 bits per heavy atom. The van der Waals surface area contributed by atoms with Gasteiger partial charge in [0.05, 0.1) is 12.3 Å². The van der Waals surface area contributed by atoms with Gasteiger partial charge >= 0.3 is 0 Å². The number of nitrogens with one attached hydrogen (secondary N) is 1. The van der Waals surface area contributed by atoms with Crippen LogP contribution in [-0.2, 0) is 0 Å². The first-order valence-electron chi connectivity index (χ1n) is 6.46. The van der Waals surface area contributed by atoms with Gasteiger partial charge in [-0.3, -0.25) is 0 Å². The molecule has 19 heavy (non-hydrogen) atoms. The minimum atomic E-state index is 0.0582. The van der Waals surface area contributed by atoms with Crippen molar-refractivity contribution in [1.82, 2.24) is 9.97 Å². The molecule has 0 amide bonds. The van der Waals surface area contributed by atoms with Crippen LogP contribution in [0.25, 0.3) is 11.3 Å². The Hall–Kier alpha value is -1.13. The molecule has 2 aromatic rings. The SMILES string of the molecule is Cc1[nH]c(C(CO)C(C)C)nc1-c1ccc(Br)cc1. The first kappa shape index (κ1) is 14.3. The molecule has 1 aromatic heterocycles. The number of hydrogen-bond donors (Lipinski definition) is 2. The fourth-order valence-electron chi connectivity index (χ4n) is 2.16. The van der Waals surface area contributed by atoms with Crippen molar-refractivity contribution in [3.8, 4) is 11.3 Å². The Balaban J connectivity index is 2.38. The summed E-state index contributed by atoms with van der Waals surface area (Å²) < 4.78 is 1.06. The van der Waals surface area contributed by atoms with E-state index in [2.05, 4.69) is 39.7 Å². The lowest BCUT2D eigenvalue weighted by Gasteiger charge is -2.15. The maximum Gasteiger partial charge on any atom is 0.112 e. The summed E-state index contributed by atoms with van der Waals surface area (Å²) in [5, 5.41) is 9.49. The summed E-state index contributed by atoms with van der Waals surface area (Å²) in [6, 6.07) is 8.10. The summed E-state index contributed by atoms with van der Waals surface area (Å²) in [6.07, 6.45) is 0. The molecule has 1 unspecified atom stereocenters. The summed E-state index contributed by atoms with van der Waals surface area (Å²) in [5.74, 6) is 1.28. The highest BCUT2D eigenvalue weighted by atomic mass is 79.9. The van der Waals surface area contributed by atoms with E-state index in [0.717, 1.165) is 27.2 Å². The smallest absolute Gasteiger partial charge is 0.112 e. The maximum absolute atomic E-state index is 9.49. The first-order chi connectivity index (χ1) is 9.02. The summed E-state index contributed by atoms with van der Waals surface area (Å²) in [5.41, 5.74) is 3.08. The summed E-state index contributed by atoms with van der Waals surface area (Å²) in [6.45, 7) is 6.32. The molecule has 4 heteroatoms. The highest BCUT2D eigenvalue weighted by Crippen LogP contribution is 2.28. The van der Waals surface area contributed by atoms with Gasteiger partial charge in [0, 0.05) is 21.6 Å². The largest absolute Gasteiger partial charge is 0.396 e. The summed E-state index contributed by atoms with van der Waals surface area (Å²) in [4.78, 5) is 7.98. The zero-order valence-electron chi connectivity index (χ0n) is 11.4. The third-order valence-electron chi connectivity index (χ3n) is 3.37. The highest BCUT2D eigenvalue weighted by Gasteiger charge is 2.20. The van der Waals surface area contributed by atoms with Crippen LogP contribution in [-0.4, -0.2) is 21.7 Å².